The van der Waals surface area contributed by atoms with Gasteiger partial charge in [0.1, 0.15) is 0 Å². The zero-order chi connectivity index (χ0) is 34.2. The largest absolute Gasteiger partial charge is 0.309 e. The highest BCUT2D eigenvalue weighted by atomic mass is 32.1. The third kappa shape index (κ3) is 4.43. The van der Waals surface area contributed by atoms with Crippen LogP contribution in [-0.4, -0.2) is 19.5 Å². The van der Waals surface area contributed by atoms with Crippen molar-refractivity contribution in [1.29, 1.82) is 0 Å². The molecule has 4 nitrogen and oxygen atoms in total. The molecule has 0 aliphatic rings. The lowest BCUT2D eigenvalue weighted by atomic mass is 10.0. The number of thiophene rings is 1. The Morgan fingerprint density at radius 3 is 1.77 bits per heavy atom. The average molecular weight is 681 g/mol. The van der Waals surface area contributed by atoms with Gasteiger partial charge in [0.15, 0.2) is 17.5 Å². The van der Waals surface area contributed by atoms with E-state index in [1.165, 1.54) is 58.8 Å². The standard InChI is InChI=1S/C47H28N4S/c1-3-14-31(15-4-1)45-48-46(32-16-5-2-6-17-32)50-47(49-45)39-21-11-20-37-36-26-24-33(28-41(36)52-44(37)39)51-40-27-23-29-12-7-9-18-34(29)42(40)38-25-22-30-13-8-10-19-35(30)43(38)51/h1-28H. The molecule has 11 rings (SSSR count). The summed E-state index contributed by atoms with van der Waals surface area (Å²) in [5.41, 5.74) is 6.51. The van der Waals surface area contributed by atoms with Crippen molar-refractivity contribution < 1.29 is 0 Å². The van der Waals surface area contributed by atoms with Gasteiger partial charge in [-0.05, 0) is 40.4 Å². The fraction of sp³-hybridized carbons (Fsp3) is 0. The molecule has 0 saturated carbocycles. The molecule has 0 fully saturated rings. The van der Waals surface area contributed by atoms with Gasteiger partial charge in [-0.2, -0.15) is 0 Å². The molecule has 0 N–H and O–H groups in total. The maximum absolute atomic E-state index is 5.08. The Morgan fingerprint density at radius 1 is 0.423 bits per heavy atom. The summed E-state index contributed by atoms with van der Waals surface area (Å²) in [6.45, 7) is 0. The van der Waals surface area contributed by atoms with Gasteiger partial charge in [-0.15, -0.1) is 11.3 Å². The van der Waals surface area contributed by atoms with E-state index >= 15 is 0 Å². The van der Waals surface area contributed by atoms with Crippen molar-refractivity contribution in [2.45, 2.75) is 0 Å². The van der Waals surface area contributed by atoms with Crippen molar-refractivity contribution in [2.75, 3.05) is 0 Å². The number of hydrogen-bond acceptors (Lipinski definition) is 4. The normalized spacial score (nSPS) is 11.8. The summed E-state index contributed by atoms with van der Waals surface area (Å²) in [5, 5.41) is 9.98. The maximum atomic E-state index is 5.08. The molecule has 52 heavy (non-hydrogen) atoms. The van der Waals surface area contributed by atoms with E-state index in [0.29, 0.717) is 17.5 Å². The molecule has 0 radical (unpaired) electrons. The van der Waals surface area contributed by atoms with Gasteiger partial charge < -0.3 is 4.57 Å². The number of aromatic nitrogens is 4. The zero-order valence-electron chi connectivity index (χ0n) is 27.9. The van der Waals surface area contributed by atoms with Gasteiger partial charge in [-0.25, -0.2) is 15.0 Å². The van der Waals surface area contributed by atoms with Crippen molar-refractivity contribution in [2.24, 2.45) is 0 Å². The molecule has 0 atom stereocenters. The van der Waals surface area contributed by atoms with E-state index in [2.05, 4.69) is 138 Å². The topological polar surface area (TPSA) is 43.6 Å². The summed E-state index contributed by atoms with van der Waals surface area (Å²) in [7, 11) is 0. The van der Waals surface area contributed by atoms with Gasteiger partial charge in [0.05, 0.1) is 11.0 Å². The minimum absolute atomic E-state index is 0.663. The molecule has 11 aromatic rings. The Hall–Kier alpha value is -6.69. The smallest absolute Gasteiger partial charge is 0.165 e. The van der Waals surface area contributed by atoms with Gasteiger partial charge in [0.25, 0.3) is 0 Å². The van der Waals surface area contributed by atoms with Gasteiger partial charge in [-0.1, -0.05) is 146 Å². The first-order valence-corrected chi connectivity index (χ1v) is 18.3. The Balaban J connectivity index is 1.15. The minimum atomic E-state index is 0.663. The first-order valence-electron chi connectivity index (χ1n) is 17.5. The van der Waals surface area contributed by atoms with Crippen LogP contribution >= 0.6 is 11.3 Å². The second-order valence-electron chi connectivity index (χ2n) is 13.2. The van der Waals surface area contributed by atoms with Crippen LogP contribution < -0.4 is 0 Å². The van der Waals surface area contributed by atoms with Crippen LogP contribution in [0.3, 0.4) is 0 Å². The first kappa shape index (κ1) is 29.1. The summed E-state index contributed by atoms with van der Waals surface area (Å²) in [5.74, 6) is 2.00. The first-order chi connectivity index (χ1) is 25.8. The Morgan fingerprint density at radius 2 is 1.02 bits per heavy atom. The zero-order valence-corrected chi connectivity index (χ0v) is 28.7. The summed E-state index contributed by atoms with van der Waals surface area (Å²) >= 11 is 1.80. The second-order valence-corrected chi connectivity index (χ2v) is 14.3. The van der Waals surface area contributed by atoms with Crippen LogP contribution in [0.15, 0.2) is 170 Å². The van der Waals surface area contributed by atoms with Crippen LogP contribution in [0.1, 0.15) is 0 Å². The highest BCUT2D eigenvalue weighted by Gasteiger charge is 2.20. The van der Waals surface area contributed by atoms with Gasteiger partial charge in [-0.3, -0.25) is 0 Å². The molecule has 0 bridgehead atoms. The molecular formula is C47H28N4S. The minimum Gasteiger partial charge on any atom is -0.309 e. The Labute approximate surface area is 302 Å². The van der Waals surface area contributed by atoms with Gasteiger partial charge in [0.2, 0.25) is 0 Å². The molecule has 0 saturated heterocycles. The highest BCUT2D eigenvalue weighted by Crippen LogP contribution is 2.43. The lowest BCUT2D eigenvalue weighted by molar-refractivity contribution is 1.08. The highest BCUT2D eigenvalue weighted by molar-refractivity contribution is 7.26. The van der Waals surface area contributed by atoms with Crippen LogP contribution in [0.4, 0.5) is 0 Å². The van der Waals surface area contributed by atoms with Crippen molar-refractivity contribution in [3.8, 4) is 39.9 Å². The quantitative estimate of drug-likeness (QED) is 0.186. The van der Waals surface area contributed by atoms with E-state index in [1.807, 2.05) is 36.4 Å². The van der Waals surface area contributed by atoms with Crippen LogP contribution in [0.5, 0.6) is 0 Å². The van der Waals surface area contributed by atoms with E-state index in [4.69, 9.17) is 15.0 Å². The Kier molecular flexibility index (Phi) is 6.39. The van der Waals surface area contributed by atoms with E-state index in [1.54, 1.807) is 11.3 Å². The second kappa shape index (κ2) is 11.4. The third-order valence-electron chi connectivity index (χ3n) is 10.2. The fourth-order valence-corrected chi connectivity index (χ4v) is 9.09. The lowest BCUT2D eigenvalue weighted by Crippen LogP contribution is -2.00. The monoisotopic (exact) mass is 680 g/mol. The summed E-state index contributed by atoms with van der Waals surface area (Å²) in [6.07, 6.45) is 0. The van der Waals surface area contributed by atoms with Gasteiger partial charge >= 0.3 is 0 Å². The van der Waals surface area contributed by atoms with Crippen molar-refractivity contribution in [1.82, 2.24) is 19.5 Å². The molecule has 0 aliphatic carbocycles. The molecule has 3 heterocycles. The Bertz CT molecular complexity index is 3120. The fourth-order valence-electron chi connectivity index (χ4n) is 7.85. The number of rotatable bonds is 4. The van der Waals surface area contributed by atoms with Crippen LogP contribution in [0, 0.1) is 0 Å². The third-order valence-corrected chi connectivity index (χ3v) is 11.4. The summed E-state index contributed by atoms with van der Waals surface area (Å²) in [6, 6.07) is 60.3. The molecular weight excluding hydrogens is 653 g/mol. The lowest BCUT2D eigenvalue weighted by Gasteiger charge is -2.10. The number of benzene rings is 8. The maximum Gasteiger partial charge on any atom is 0.165 e. The number of fused-ring (bicyclic) bond motifs is 10. The van der Waals surface area contributed by atoms with Crippen molar-refractivity contribution >= 4 is 74.9 Å². The predicted molar refractivity (Wildman–Crippen MR) is 218 cm³/mol. The molecule has 0 amide bonds. The summed E-state index contributed by atoms with van der Waals surface area (Å²) in [4.78, 5) is 15.1. The van der Waals surface area contributed by atoms with Crippen molar-refractivity contribution in [3.05, 3.63) is 170 Å². The average Bonchev–Trinajstić information content (AvgIpc) is 3.77. The SMILES string of the molecule is c1ccc(-c2nc(-c3ccccc3)nc(-c3cccc4c3sc3cc(-n5c6ccc7ccccc7c6c6ccc7ccccc7c65)ccc34)n2)cc1. The van der Waals surface area contributed by atoms with Crippen LogP contribution in [0.25, 0.3) is 103 Å². The predicted octanol–water partition coefficient (Wildman–Crippen LogP) is 12.6. The molecule has 0 aliphatic heterocycles. The molecule has 8 aromatic carbocycles. The van der Waals surface area contributed by atoms with Crippen LogP contribution in [-0.2, 0) is 0 Å². The number of hydrogen-bond donors (Lipinski definition) is 0. The van der Waals surface area contributed by atoms with E-state index in [0.717, 1.165) is 27.1 Å². The number of nitrogens with zero attached hydrogens (tertiary/aromatic N) is 4. The molecule has 242 valence electrons. The van der Waals surface area contributed by atoms with Crippen LogP contribution in [0.2, 0.25) is 0 Å². The van der Waals surface area contributed by atoms with Gasteiger partial charge in [0, 0.05) is 58.7 Å². The van der Waals surface area contributed by atoms with E-state index in [-0.39, 0.29) is 0 Å². The van der Waals surface area contributed by atoms with E-state index in [9.17, 15) is 0 Å². The molecule has 0 spiro atoms. The molecule has 5 heteroatoms. The van der Waals surface area contributed by atoms with Crippen molar-refractivity contribution in [3.63, 3.8) is 0 Å². The summed E-state index contributed by atoms with van der Waals surface area (Å²) < 4.78 is 4.85. The molecule has 3 aromatic heterocycles. The molecule has 0 unspecified atom stereocenters. The van der Waals surface area contributed by atoms with E-state index < -0.39 is 0 Å².